The Bertz CT molecular complexity index is 507. The van der Waals surface area contributed by atoms with Gasteiger partial charge >= 0.3 is 0 Å². The highest BCUT2D eigenvalue weighted by molar-refractivity contribution is 9.10. The monoisotopic (exact) mass is 319 g/mol. The van der Waals surface area contributed by atoms with Crippen molar-refractivity contribution >= 4 is 15.9 Å². The zero-order valence-electron chi connectivity index (χ0n) is 10.8. The molecule has 1 heterocycles. The summed E-state index contributed by atoms with van der Waals surface area (Å²) in [5, 5.41) is 3.69. The minimum atomic E-state index is 0.554. The molecule has 1 saturated carbocycles. The molecule has 2 atom stereocenters. The highest BCUT2D eigenvalue weighted by Crippen LogP contribution is 2.30. The van der Waals surface area contributed by atoms with Crippen LogP contribution in [0.5, 0.6) is 0 Å². The van der Waals surface area contributed by atoms with Gasteiger partial charge in [0.05, 0.1) is 6.33 Å². The SMILES string of the molecule is Brc1ccc(CNC2CCCC2n2ccnc2)cc1. The lowest BCUT2D eigenvalue weighted by molar-refractivity contribution is 0.390. The molecule has 1 aromatic carbocycles. The second-order valence-electron chi connectivity index (χ2n) is 5.12. The van der Waals surface area contributed by atoms with Crippen LogP contribution in [0.3, 0.4) is 0 Å². The molecule has 0 spiro atoms. The predicted molar refractivity (Wildman–Crippen MR) is 79.9 cm³/mol. The minimum Gasteiger partial charge on any atom is -0.333 e. The van der Waals surface area contributed by atoms with E-state index < -0.39 is 0 Å². The molecule has 1 aliphatic carbocycles. The van der Waals surface area contributed by atoms with Gasteiger partial charge in [-0.2, -0.15) is 0 Å². The van der Waals surface area contributed by atoms with Gasteiger partial charge in [0.1, 0.15) is 0 Å². The van der Waals surface area contributed by atoms with Gasteiger partial charge in [-0.3, -0.25) is 0 Å². The van der Waals surface area contributed by atoms with E-state index >= 15 is 0 Å². The van der Waals surface area contributed by atoms with E-state index in [0.29, 0.717) is 12.1 Å². The van der Waals surface area contributed by atoms with Crippen LogP contribution in [0.1, 0.15) is 30.9 Å². The Morgan fingerprint density at radius 3 is 2.84 bits per heavy atom. The summed E-state index contributed by atoms with van der Waals surface area (Å²) in [4.78, 5) is 4.16. The molecule has 0 amide bonds. The number of imidazole rings is 1. The number of halogens is 1. The summed E-state index contributed by atoms with van der Waals surface area (Å²) in [6.07, 6.45) is 9.66. The van der Waals surface area contributed by atoms with E-state index in [9.17, 15) is 0 Å². The Kier molecular flexibility index (Phi) is 3.99. The number of nitrogens with one attached hydrogen (secondary N) is 1. The van der Waals surface area contributed by atoms with Crippen LogP contribution in [0.2, 0.25) is 0 Å². The molecule has 2 unspecified atom stereocenters. The second kappa shape index (κ2) is 5.88. The molecule has 0 saturated heterocycles. The molecule has 0 aliphatic heterocycles. The molecule has 3 nitrogen and oxygen atoms in total. The molecule has 0 radical (unpaired) electrons. The quantitative estimate of drug-likeness (QED) is 0.934. The third-order valence-electron chi connectivity index (χ3n) is 3.87. The van der Waals surface area contributed by atoms with E-state index in [1.807, 2.05) is 12.5 Å². The first kappa shape index (κ1) is 12.9. The number of hydrogen-bond donors (Lipinski definition) is 1. The number of aromatic nitrogens is 2. The molecule has 2 aromatic rings. The highest BCUT2D eigenvalue weighted by atomic mass is 79.9. The summed E-state index contributed by atoms with van der Waals surface area (Å²) < 4.78 is 3.38. The van der Waals surface area contributed by atoms with Gasteiger partial charge in [0.2, 0.25) is 0 Å². The van der Waals surface area contributed by atoms with Gasteiger partial charge in [0, 0.05) is 35.5 Å². The Hall–Kier alpha value is -1.13. The predicted octanol–water partition coefficient (Wildman–Crippen LogP) is 3.53. The van der Waals surface area contributed by atoms with Crippen LogP contribution in [0.25, 0.3) is 0 Å². The van der Waals surface area contributed by atoms with Gasteiger partial charge in [-0.1, -0.05) is 28.1 Å². The van der Waals surface area contributed by atoms with Crippen LogP contribution in [0.15, 0.2) is 47.5 Å². The molecule has 19 heavy (non-hydrogen) atoms. The first-order valence-corrected chi connectivity index (χ1v) is 7.57. The molecule has 1 N–H and O–H groups in total. The third kappa shape index (κ3) is 3.07. The molecule has 0 bridgehead atoms. The Balaban J connectivity index is 1.61. The van der Waals surface area contributed by atoms with Crippen molar-refractivity contribution in [3.63, 3.8) is 0 Å². The van der Waals surface area contributed by atoms with Gasteiger partial charge in [0.15, 0.2) is 0 Å². The van der Waals surface area contributed by atoms with Gasteiger partial charge in [0.25, 0.3) is 0 Å². The Morgan fingerprint density at radius 2 is 2.11 bits per heavy atom. The summed E-state index contributed by atoms with van der Waals surface area (Å²) in [5.41, 5.74) is 1.33. The molecule has 3 rings (SSSR count). The second-order valence-corrected chi connectivity index (χ2v) is 6.04. The van der Waals surface area contributed by atoms with E-state index in [0.717, 1.165) is 11.0 Å². The van der Waals surface area contributed by atoms with Crippen molar-refractivity contribution in [3.8, 4) is 0 Å². The molecule has 1 aliphatic rings. The molecule has 1 fully saturated rings. The van der Waals surface area contributed by atoms with Crippen LogP contribution >= 0.6 is 15.9 Å². The van der Waals surface area contributed by atoms with Crippen LogP contribution < -0.4 is 5.32 Å². The van der Waals surface area contributed by atoms with E-state index in [1.165, 1.54) is 24.8 Å². The maximum Gasteiger partial charge on any atom is 0.0949 e. The molecular weight excluding hydrogens is 302 g/mol. The van der Waals surface area contributed by atoms with E-state index in [-0.39, 0.29) is 0 Å². The zero-order valence-corrected chi connectivity index (χ0v) is 12.4. The van der Waals surface area contributed by atoms with Gasteiger partial charge in [-0.05, 0) is 37.0 Å². The maximum absolute atomic E-state index is 4.16. The standard InChI is InChI=1S/C15H18BrN3/c16-13-6-4-12(5-7-13)10-18-14-2-1-3-15(14)19-9-8-17-11-19/h4-9,11,14-15,18H,1-3,10H2. The van der Waals surface area contributed by atoms with Crippen molar-refractivity contribution in [2.45, 2.75) is 37.9 Å². The fourth-order valence-corrected chi connectivity index (χ4v) is 3.12. The molecule has 1 aromatic heterocycles. The first-order valence-electron chi connectivity index (χ1n) is 6.78. The lowest BCUT2D eigenvalue weighted by Gasteiger charge is -2.22. The van der Waals surface area contributed by atoms with Crippen molar-refractivity contribution in [1.82, 2.24) is 14.9 Å². The van der Waals surface area contributed by atoms with Crippen LogP contribution in [-0.2, 0) is 6.54 Å². The summed E-state index contributed by atoms with van der Waals surface area (Å²) in [6.45, 7) is 0.934. The summed E-state index contributed by atoms with van der Waals surface area (Å²) in [7, 11) is 0. The van der Waals surface area contributed by atoms with Crippen molar-refractivity contribution < 1.29 is 0 Å². The van der Waals surface area contributed by atoms with E-state index in [2.05, 4.69) is 61.3 Å². The minimum absolute atomic E-state index is 0.554. The first-order chi connectivity index (χ1) is 9.33. The van der Waals surface area contributed by atoms with Crippen molar-refractivity contribution in [2.75, 3.05) is 0 Å². The highest BCUT2D eigenvalue weighted by Gasteiger charge is 2.27. The Labute approximate surface area is 122 Å². The summed E-state index contributed by atoms with van der Waals surface area (Å²) in [6, 6.07) is 9.63. The van der Waals surface area contributed by atoms with Crippen LogP contribution in [0, 0.1) is 0 Å². The maximum atomic E-state index is 4.16. The van der Waals surface area contributed by atoms with Gasteiger partial charge in [-0.25, -0.2) is 4.98 Å². The number of rotatable bonds is 4. The van der Waals surface area contributed by atoms with Crippen LogP contribution in [0.4, 0.5) is 0 Å². The topological polar surface area (TPSA) is 29.9 Å². The fourth-order valence-electron chi connectivity index (χ4n) is 2.85. The molecule has 4 heteroatoms. The normalized spacial score (nSPS) is 22.8. The van der Waals surface area contributed by atoms with E-state index in [4.69, 9.17) is 0 Å². The van der Waals surface area contributed by atoms with Gasteiger partial charge < -0.3 is 9.88 Å². The lowest BCUT2D eigenvalue weighted by Crippen LogP contribution is -2.33. The molecule has 100 valence electrons. The number of nitrogens with zero attached hydrogens (tertiary/aromatic N) is 2. The zero-order chi connectivity index (χ0) is 13.1. The average Bonchev–Trinajstić information content (AvgIpc) is 3.08. The smallest absolute Gasteiger partial charge is 0.0949 e. The van der Waals surface area contributed by atoms with Crippen molar-refractivity contribution in [1.29, 1.82) is 0 Å². The average molecular weight is 320 g/mol. The summed E-state index contributed by atoms with van der Waals surface area (Å²) in [5.74, 6) is 0. The van der Waals surface area contributed by atoms with Crippen LogP contribution in [-0.4, -0.2) is 15.6 Å². The van der Waals surface area contributed by atoms with Crippen molar-refractivity contribution in [3.05, 3.63) is 53.0 Å². The Morgan fingerprint density at radius 1 is 1.26 bits per heavy atom. The largest absolute Gasteiger partial charge is 0.333 e. The van der Waals surface area contributed by atoms with Crippen molar-refractivity contribution in [2.24, 2.45) is 0 Å². The molecular formula is C15H18BrN3. The summed E-state index contributed by atoms with van der Waals surface area (Å²) >= 11 is 3.47. The van der Waals surface area contributed by atoms with E-state index in [1.54, 1.807) is 0 Å². The third-order valence-corrected chi connectivity index (χ3v) is 4.40. The number of hydrogen-bond acceptors (Lipinski definition) is 2. The lowest BCUT2D eigenvalue weighted by atomic mass is 10.1. The van der Waals surface area contributed by atoms with Gasteiger partial charge in [-0.15, -0.1) is 0 Å². The fraction of sp³-hybridized carbons (Fsp3) is 0.400. The number of benzene rings is 1.